The molecule has 2 aliphatic rings. The van der Waals surface area contributed by atoms with Crippen LogP contribution in [0.5, 0.6) is 5.75 Å². The van der Waals surface area contributed by atoms with Crippen LogP contribution in [0.2, 0.25) is 0 Å². The standard InChI is InChI=1S/C22H19N3O6/c1-3-22(29)15-7-17-18-13(8-25(17)19(26)14(15)9-30-20(22)27)10(2)12-6-11(31-21(23)28)4-5-16(12)24-18/h4-7,29H,3,8-9H2,1-2H3,(H2,23,28)/t22-/m0/s1. The van der Waals surface area contributed by atoms with Gasteiger partial charge in [-0.3, -0.25) is 4.79 Å². The maximum absolute atomic E-state index is 13.2. The number of carbonyl (C=O) groups excluding carboxylic acids is 2. The summed E-state index contributed by atoms with van der Waals surface area (Å²) in [7, 11) is 0. The molecule has 0 saturated heterocycles. The molecule has 0 spiro atoms. The lowest BCUT2D eigenvalue weighted by molar-refractivity contribution is -0.172. The van der Waals surface area contributed by atoms with E-state index in [9.17, 15) is 19.5 Å². The molecule has 2 aromatic heterocycles. The van der Waals surface area contributed by atoms with Crippen molar-refractivity contribution >= 4 is 23.0 Å². The normalized spacial score (nSPS) is 18.9. The van der Waals surface area contributed by atoms with E-state index in [4.69, 9.17) is 20.2 Å². The third-order valence-electron chi connectivity index (χ3n) is 6.16. The average molecular weight is 421 g/mol. The van der Waals surface area contributed by atoms with Gasteiger partial charge in [0.15, 0.2) is 5.60 Å². The first-order valence-corrected chi connectivity index (χ1v) is 9.82. The summed E-state index contributed by atoms with van der Waals surface area (Å²) in [6, 6.07) is 6.66. The number of aromatic nitrogens is 2. The summed E-state index contributed by atoms with van der Waals surface area (Å²) >= 11 is 0. The van der Waals surface area contributed by atoms with Crippen LogP contribution in [0.1, 0.15) is 35.6 Å². The van der Waals surface area contributed by atoms with Gasteiger partial charge in [0.25, 0.3) is 5.56 Å². The van der Waals surface area contributed by atoms with E-state index in [1.54, 1.807) is 35.8 Å². The van der Waals surface area contributed by atoms with Gasteiger partial charge in [0.2, 0.25) is 0 Å². The average Bonchev–Trinajstić information content (AvgIpc) is 3.11. The van der Waals surface area contributed by atoms with Crippen LogP contribution in [0.4, 0.5) is 4.79 Å². The third kappa shape index (κ3) is 2.59. The Hall–Kier alpha value is -3.72. The highest BCUT2D eigenvalue weighted by Crippen LogP contribution is 2.40. The predicted molar refractivity (Wildman–Crippen MR) is 109 cm³/mol. The van der Waals surface area contributed by atoms with E-state index < -0.39 is 17.7 Å². The maximum Gasteiger partial charge on any atom is 0.409 e. The molecule has 9 heteroatoms. The zero-order chi connectivity index (χ0) is 22.1. The van der Waals surface area contributed by atoms with Crippen LogP contribution in [0.25, 0.3) is 22.3 Å². The summed E-state index contributed by atoms with van der Waals surface area (Å²) in [6.45, 7) is 3.69. The van der Waals surface area contributed by atoms with Gasteiger partial charge < -0.3 is 24.9 Å². The topological polar surface area (TPSA) is 134 Å². The minimum absolute atomic E-state index is 0.0847. The molecule has 0 fully saturated rings. The molecule has 3 aromatic rings. The van der Waals surface area contributed by atoms with Crippen LogP contribution < -0.4 is 16.0 Å². The van der Waals surface area contributed by atoms with Gasteiger partial charge in [0.1, 0.15) is 12.4 Å². The quantitative estimate of drug-likeness (QED) is 0.472. The second-order valence-corrected chi connectivity index (χ2v) is 7.77. The monoisotopic (exact) mass is 421 g/mol. The molecule has 0 aliphatic carbocycles. The Morgan fingerprint density at radius 3 is 2.81 bits per heavy atom. The Kier molecular flexibility index (Phi) is 3.97. The van der Waals surface area contributed by atoms with E-state index in [0.717, 1.165) is 16.5 Å². The highest BCUT2D eigenvalue weighted by atomic mass is 16.6. The molecule has 0 unspecified atom stereocenters. The van der Waals surface area contributed by atoms with Crippen LogP contribution in [0.15, 0.2) is 29.1 Å². The van der Waals surface area contributed by atoms with Gasteiger partial charge in [-0.2, -0.15) is 0 Å². The molecule has 0 saturated carbocycles. The number of carbonyl (C=O) groups is 2. The molecule has 9 nitrogen and oxygen atoms in total. The largest absolute Gasteiger partial charge is 0.458 e. The number of amides is 1. The van der Waals surface area contributed by atoms with E-state index >= 15 is 0 Å². The second-order valence-electron chi connectivity index (χ2n) is 7.77. The third-order valence-corrected chi connectivity index (χ3v) is 6.16. The van der Waals surface area contributed by atoms with Crippen LogP contribution in [0, 0.1) is 6.92 Å². The molecule has 4 heterocycles. The van der Waals surface area contributed by atoms with E-state index in [1.165, 1.54) is 0 Å². The number of nitrogens with two attached hydrogens (primary N) is 1. The summed E-state index contributed by atoms with van der Waals surface area (Å²) in [5.74, 6) is -0.452. The zero-order valence-electron chi connectivity index (χ0n) is 16.9. The van der Waals surface area contributed by atoms with Gasteiger partial charge in [0.05, 0.1) is 29.0 Å². The SMILES string of the molecule is CC[C@@]1(O)C(=O)OCc2c1cc1n(c2=O)Cc2c-1nc1ccc(OC(N)=O)cc1c2C. The number of rotatable bonds is 2. The van der Waals surface area contributed by atoms with E-state index in [-0.39, 0.29) is 29.7 Å². The summed E-state index contributed by atoms with van der Waals surface area (Å²) in [5.41, 5.74) is 7.02. The number of aryl methyl sites for hydroxylation is 1. The molecular formula is C22H19N3O6. The fourth-order valence-corrected chi connectivity index (χ4v) is 4.44. The number of primary amides is 1. The number of ether oxygens (including phenoxy) is 2. The van der Waals surface area contributed by atoms with Gasteiger partial charge in [-0.25, -0.2) is 14.6 Å². The van der Waals surface area contributed by atoms with Gasteiger partial charge >= 0.3 is 12.1 Å². The van der Waals surface area contributed by atoms with E-state index in [1.807, 2.05) is 6.92 Å². The Morgan fingerprint density at radius 2 is 2.10 bits per heavy atom. The molecule has 0 bridgehead atoms. The molecule has 31 heavy (non-hydrogen) atoms. The smallest absolute Gasteiger partial charge is 0.409 e. The first-order chi connectivity index (χ1) is 14.7. The highest BCUT2D eigenvalue weighted by Gasteiger charge is 2.45. The summed E-state index contributed by atoms with van der Waals surface area (Å²) in [6.07, 6.45) is -0.822. The highest BCUT2D eigenvalue weighted by molar-refractivity contribution is 5.90. The fraction of sp³-hybridized carbons (Fsp3) is 0.273. The number of hydrogen-bond acceptors (Lipinski definition) is 7. The van der Waals surface area contributed by atoms with Crippen molar-refractivity contribution in [1.29, 1.82) is 0 Å². The van der Waals surface area contributed by atoms with Crippen molar-refractivity contribution in [1.82, 2.24) is 9.55 Å². The Bertz CT molecular complexity index is 1380. The van der Waals surface area contributed by atoms with Crippen LogP contribution >= 0.6 is 0 Å². The van der Waals surface area contributed by atoms with Crippen LogP contribution in [-0.2, 0) is 28.3 Å². The molecule has 0 radical (unpaired) electrons. The molecule has 5 rings (SSSR count). The minimum Gasteiger partial charge on any atom is -0.458 e. The Labute approximate surface area is 176 Å². The number of fused-ring (bicyclic) bond motifs is 5. The predicted octanol–water partition coefficient (Wildman–Crippen LogP) is 1.85. The number of esters is 1. The summed E-state index contributed by atoms with van der Waals surface area (Å²) in [4.78, 5) is 41.3. The summed E-state index contributed by atoms with van der Waals surface area (Å²) in [5, 5.41) is 11.7. The first-order valence-electron chi connectivity index (χ1n) is 9.82. The van der Waals surface area contributed by atoms with Gasteiger partial charge in [-0.15, -0.1) is 0 Å². The maximum atomic E-state index is 13.2. The minimum atomic E-state index is -1.86. The Balaban J connectivity index is 1.74. The number of pyridine rings is 2. The lowest BCUT2D eigenvalue weighted by atomic mass is 9.86. The number of aliphatic hydroxyl groups is 1. The fourth-order valence-electron chi connectivity index (χ4n) is 4.44. The molecule has 1 atom stereocenters. The van der Waals surface area contributed by atoms with Crippen molar-refractivity contribution in [2.45, 2.75) is 39.0 Å². The van der Waals surface area contributed by atoms with Gasteiger partial charge in [-0.05, 0) is 43.2 Å². The van der Waals surface area contributed by atoms with Crippen molar-refractivity contribution in [3.8, 4) is 17.1 Å². The van der Waals surface area contributed by atoms with Crippen molar-refractivity contribution < 1.29 is 24.2 Å². The number of cyclic esters (lactones) is 1. The molecule has 3 N–H and O–H groups in total. The number of nitrogens with zero attached hydrogens (tertiary/aromatic N) is 2. The van der Waals surface area contributed by atoms with Crippen molar-refractivity contribution in [2.75, 3.05) is 0 Å². The number of hydrogen-bond donors (Lipinski definition) is 2. The van der Waals surface area contributed by atoms with Crippen LogP contribution in [0.3, 0.4) is 0 Å². The van der Waals surface area contributed by atoms with Crippen LogP contribution in [-0.4, -0.2) is 26.7 Å². The van der Waals surface area contributed by atoms with Crippen molar-refractivity contribution in [3.63, 3.8) is 0 Å². The van der Waals surface area contributed by atoms with Gasteiger partial charge in [-0.1, -0.05) is 6.92 Å². The molecular weight excluding hydrogens is 402 g/mol. The number of benzene rings is 1. The lowest BCUT2D eigenvalue weighted by Gasteiger charge is -2.31. The second kappa shape index (κ2) is 6.39. The van der Waals surface area contributed by atoms with E-state index in [2.05, 4.69) is 0 Å². The molecule has 2 aliphatic heterocycles. The van der Waals surface area contributed by atoms with Crippen molar-refractivity contribution in [3.05, 3.63) is 56.9 Å². The molecule has 158 valence electrons. The zero-order valence-corrected chi connectivity index (χ0v) is 16.9. The lowest BCUT2D eigenvalue weighted by Crippen LogP contribution is -2.44. The molecule has 1 amide bonds. The van der Waals surface area contributed by atoms with Gasteiger partial charge in [0, 0.05) is 16.5 Å². The summed E-state index contributed by atoms with van der Waals surface area (Å²) < 4.78 is 11.6. The van der Waals surface area contributed by atoms with E-state index in [0.29, 0.717) is 29.2 Å². The van der Waals surface area contributed by atoms with Crippen molar-refractivity contribution in [2.24, 2.45) is 5.73 Å². The first kappa shape index (κ1) is 19.3. The Morgan fingerprint density at radius 1 is 1.32 bits per heavy atom. The molecule has 1 aromatic carbocycles.